The van der Waals surface area contributed by atoms with Crippen LogP contribution in [-0.4, -0.2) is 21.5 Å². The van der Waals surface area contributed by atoms with Crippen LogP contribution in [0.15, 0.2) is 107 Å². The summed E-state index contributed by atoms with van der Waals surface area (Å²) in [4.78, 5) is 53.8. The summed E-state index contributed by atoms with van der Waals surface area (Å²) in [6.07, 6.45) is 0. The zero-order chi connectivity index (χ0) is 30.0. The number of hydrogen-bond acceptors (Lipinski definition) is 4. The molecule has 2 heterocycles. The van der Waals surface area contributed by atoms with E-state index in [-0.39, 0.29) is 33.8 Å². The third kappa shape index (κ3) is 5.68. The van der Waals surface area contributed by atoms with Crippen LogP contribution in [0.25, 0.3) is 44.1 Å². The van der Waals surface area contributed by atoms with Gasteiger partial charge in [-0.1, -0.05) is 83.9 Å². The fourth-order valence-electron chi connectivity index (χ4n) is 5.01. The standard InChI is InChI=1S/2C17H12ClNO2/c2*1-10(20)15-16(11-5-3-2-4-6-11)13-9-12(18)7-8-14(13)19-17(15)21/h2*2-9H,1H3,(H,19,21). The molecule has 208 valence electrons. The van der Waals surface area contributed by atoms with Crippen LogP contribution in [-0.2, 0) is 0 Å². The summed E-state index contributed by atoms with van der Waals surface area (Å²) in [5, 5.41) is 2.64. The summed E-state index contributed by atoms with van der Waals surface area (Å²) in [5.41, 5.74) is 3.79. The number of carbonyl (C=O) groups excluding carboxylic acids is 2. The number of Topliss-reactive ketones (excluding diaryl/α,β-unsaturated/α-hetero) is 2. The van der Waals surface area contributed by atoms with Gasteiger partial charge in [-0.2, -0.15) is 0 Å². The van der Waals surface area contributed by atoms with Gasteiger partial charge in [-0.3, -0.25) is 19.2 Å². The van der Waals surface area contributed by atoms with E-state index in [1.54, 1.807) is 36.4 Å². The van der Waals surface area contributed by atoms with Gasteiger partial charge in [-0.05, 0) is 61.4 Å². The molecule has 0 bridgehead atoms. The van der Waals surface area contributed by atoms with Crippen molar-refractivity contribution in [3.8, 4) is 22.3 Å². The lowest BCUT2D eigenvalue weighted by Crippen LogP contribution is -2.18. The minimum absolute atomic E-state index is 0.163. The van der Waals surface area contributed by atoms with Crippen molar-refractivity contribution < 1.29 is 9.59 Å². The number of aromatic amines is 2. The quantitative estimate of drug-likeness (QED) is 0.201. The number of H-pyrrole nitrogens is 2. The van der Waals surface area contributed by atoms with Gasteiger partial charge in [0.2, 0.25) is 0 Å². The van der Waals surface area contributed by atoms with Crippen LogP contribution in [0.1, 0.15) is 34.6 Å². The van der Waals surface area contributed by atoms with Gasteiger partial charge >= 0.3 is 0 Å². The number of aromatic nitrogens is 2. The Bertz CT molecular complexity index is 1950. The Balaban J connectivity index is 0.000000168. The summed E-state index contributed by atoms with van der Waals surface area (Å²) < 4.78 is 0. The average Bonchev–Trinajstić information content (AvgIpc) is 2.97. The van der Waals surface area contributed by atoms with Gasteiger partial charge in [0.15, 0.2) is 11.6 Å². The van der Waals surface area contributed by atoms with E-state index in [1.165, 1.54) is 13.8 Å². The summed E-state index contributed by atoms with van der Waals surface area (Å²) in [6, 6.07) is 29.2. The van der Waals surface area contributed by atoms with Crippen LogP contribution in [0.2, 0.25) is 10.0 Å². The molecule has 4 aromatic carbocycles. The first-order valence-corrected chi connectivity index (χ1v) is 13.7. The Morgan fingerprint density at radius 1 is 0.548 bits per heavy atom. The monoisotopic (exact) mass is 594 g/mol. The van der Waals surface area contributed by atoms with Crippen molar-refractivity contribution in [1.29, 1.82) is 0 Å². The number of hydrogen-bond donors (Lipinski definition) is 2. The number of ketones is 2. The van der Waals surface area contributed by atoms with E-state index >= 15 is 0 Å². The third-order valence-electron chi connectivity index (χ3n) is 6.78. The Morgan fingerprint density at radius 2 is 0.905 bits per heavy atom. The summed E-state index contributed by atoms with van der Waals surface area (Å²) in [6.45, 7) is 2.79. The second-order valence-electron chi connectivity index (χ2n) is 9.63. The normalized spacial score (nSPS) is 10.8. The molecule has 8 heteroatoms. The molecule has 0 saturated heterocycles. The Kier molecular flexibility index (Phi) is 8.20. The SMILES string of the molecule is CC(=O)c1c(-c2ccccc2)c2cc(Cl)ccc2[nH]c1=O.CC(=O)c1c(-c2ccccc2)c2cc(Cl)ccc2[nH]c1=O. The highest BCUT2D eigenvalue weighted by atomic mass is 35.5. The molecule has 2 N–H and O–H groups in total. The van der Waals surface area contributed by atoms with Crippen LogP contribution in [0, 0.1) is 0 Å². The van der Waals surface area contributed by atoms with Crippen LogP contribution in [0.5, 0.6) is 0 Å². The second-order valence-corrected chi connectivity index (χ2v) is 10.5. The number of carbonyl (C=O) groups is 2. The van der Waals surface area contributed by atoms with Crippen molar-refractivity contribution in [3.63, 3.8) is 0 Å². The first-order chi connectivity index (χ1) is 20.2. The van der Waals surface area contributed by atoms with E-state index in [2.05, 4.69) is 9.97 Å². The number of pyridine rings is 2. The number of fused-ring (bicyclic) bond motifs is 2. The molecule has 0 amide bonds. The second kappa shape index (κ2) is 12.0. The molecule has 0 saturated carbocycles. The van der Waals surface area contributed by atoms with Gasteiger partial charge in [0.1, 0.15) is 0 Å². The molecule has 0 atom stereocenters. The Morgan fingerprint density at radius 3 is 1.24 bits per heavy atom. The molecular formula is C34H24Cl2N2O4. The molecule has 42 heavy (non-hydrogen) atoms. The number of halogens is 2. The fraction of sp³-hybridized carbons (Fsp3) is 0.0588. The molecule has 0 spiro atoms. The first-order valence-electron chi connectivity index (χ1n) is 13.0. The molecule has 6 nitrogen and oxygen atoms in total. The van der Waals surface area contributed by atoms with Crippen molar-refractivity contribution in [1.82, 2.24) is 9.97 Å². The molecule has 0 radical (unpaired) electrons. The molecular weight excluding hydrogens is 571 g/mol. The van der Waals surface area contributed by atoms with Gasteiger partial charge in [-0.15, -0.1) is 0 Å². The lowest BCUT2D eigenvalue weighted by Gasteiger charge is -2.11. The maximum Gasteiger partial charge on any atom is 0.259 e. The lowest BCUT2D eigenvalue weighted by atomic mass is 9.94. The van der Waals surface area contributed by atoms with Crippen molar-refractivity contribution in [2.24, 2.45) is 0 Å². The first kappa shape index (κ1) is 28.7. The number of rotatable bonds is 4. The smallest absolute Gasteiger partial charge is 0.259 e. The Hall–Kier alpha value is -4.78. The van der Waals surface area contributed by atoms with Crippen molar-refractivity contribution in [2.75, 3.05) is 0 Å². The maximum atomic E-state index is 12.2. The molecule has 2 aromatic heterocycles. The molecule has 0 aliphatic rings. The lowest BCUT2D eigenvalue weighted by molar-refractivity contribution is 0.100. The summed E-state index contributed by atoms with van der Waals surface area (Å²) >= 11 is 12.1. The highest BCUT2D eigenvalue weighted by Crippen LogP contribution is 2.32. The molecule has 0 aliphatic carbocycles. The van der Waals surface area contributed by atoms with E-state index in [0.29, 0.717) is 32.2 Å². The van der Waals surface area contributed by atoms with Gasteiger partial charge in [0.25, 0.3) is 11.1 Å². The number of benzene rings is 4. The largest absolute Gasteiger partial charge is 0.321 e. The number of nitrogens with one attached hydrogen (secondary N) is 2. The van der Waals surface area contributed by atoms with Gasteiger partial charge in [-0.25, -0.2) is 0 Å². The van der Waals surface area contributed by atoms with Crippen LogP contribution < -0.4 is 11.1 Å². The highest BCUT2D eigenvalue weighted by Gasteiger charge is 2.19. The molecule has 6 rings (SSSR count). The van der Waals surface area contributed by atoms with Gasteiger partial charge in [0.05, 0.1) is 11.1 Å². The van der Waals surface area contributed by atoms with Crippen molar-refractivity contribution in [2.45, 2.75) is 13.8 Å². The van der Waals surface area contributed by atoms with Crippen LogP contribution >= 0.6 is 23.2 Å². The zero-order valence-electron chi connectivity index (χ0n) is 22.6. The predicted octanol–water partition coefficient (Wildman–Crippen LogP) is 8.10. The third-order valence-corrected chi connectivity index (χ3v) is 7.25. The average molecular weight is 595 g/mol. The van der Waals surface area contributed by atoms with E-state index in [1.807, 2.05) is 60.7 Å². The topological polar surface area (TPSA) is 99.9 Å². The summed E-state index contributed by atoms with van der Waals surface area (Å²) in [5.74, 6) is -0.533. The van der Waals surface area contributed by atoms with E-state index in [0.717, 1.165) is 21.9 Å². The van der Waals surface area contributed by atoms with Crippen molar-refractivity contribution >= 4 is 56.6 Å². The molecule has 0 fully saturated rings. The van der Waals surface area contributed by atoms with Gasteiger partial charge in [0, 0.05) is 43.0 Å². The van der Waals surface area contributed by atoms with E-state index < -0.39 is 0 Å². The fourth-order valence-corrected chi connectivity index (χ4v) is 5.36. The predicted molar refractivity (Wildman–Crippen MR) is 170 cm³/mol. The van der Waals surface area contributed by atoms with Crippen molar-refractivity contribution in [3.05, 3.63) is 139 Å². The van der Waals surface area contributed by atoms with Crippen LogP contribution in [0.3, 0.4) is 0 Å². The highest BCUT2D eigenvalue weighted by molar-refractivity contribution is 6.32. The maximum absolute atomic E-state index is 12.2. The minimum atomic E-state index is -0.379. The molecule has 0 aliphatic heterocycles. The molecule has 6 aromatic rings. The minimum Gasteiger partial charge on any atom is -0.321 e. The Labute approximate surface area is 250 Å². The molecule has 0 unspecified atom stereocenters. The zero-order valence-corrected chi connectivity index (χ0v) is 24.1. The summed E-state index contributed by atoms with van der Waals surface area (Å²) in [7, 11) is 0. The van der Waals surface area contributed by atoms with Crippen LogP contribution in [0.4, 0.5) is 0 Å². The van der Waals surface area contributed by atoms with E-state index in [4.69, 9.17) is 23.2 Å². The van der Waals surface area contributed by atoms with E-state index in [9.17, 15) is 19.2 Å². The van der Waals surface area contributed by atoms with Gasteiger partial charge < -0.3 is 9.97 Å².